The number of hydrogen-bond donors (Lipinski definition) is 0. The molecule has 1 radical (unpaired) electrons. The highest BCUT2D eigenvalue weighted by Crippen LogP contribution is 1.37. The molecule has 0 atom stereocenters. The van der Waals surface area contributed by atoms with E-state index < -0.39 is 6.61 Å². The van der Waals surface area contributed by atoms with E-state index in [1.54, 1.807) is 0 Å². The molecule has 0 heterocycles. The van der Waals surface area contributed by atoms with Gasteiger partial charge in [0.15, 0.2) is 0 Å². The summed E-state index contributed by atoms with van der Waals surface area (Å²) in [5, 5.41) is 9.06. The third-order valence-corrected chi connectivity index (χ3v) is 0.0833. The molecule has 0 aromatic carbocycles. The van der Waals surface area contributed by atoms with E-state index in [1.165, 1.54) is 0 Å². The summed E-state index contributed by atoms with van der Waals surface area (Å²) in [7, 11) is 0. The summed E-state index contributed by atoms with van der Waals surface area (Å²) in [5.74, 6) is 1.88. The third-order valence-electron chi connectivity index (χ3n) is 0.0833. The highest BCUT2D eigenvalue weighted by atomic mass is 16.2. The molecule has 0 rings (SSSR count). The average molecular weight is 89.1 g/mol. The van der Waals surface area contributed by atoms with Crippen molar-refractivity contribution in [3.63, 3.8) is 0 Å². The maximum atomic E-state index is 9.06. The summed E-state index contributed by atoms with van der Waals surface area (Å²) in [6.45, 7) is -0.403. The zero-order valence-corrected chi connectivity index (χ0v) is 2.69. The van der Waals surface area contributed by atoms with E-state index in [0.29, 0.717) is 0 Å². The smallest absolute Gasteiger partial charge is 0.142 e. The summed E-state index contributed by atoms with van der Waals surface area (Å²) in [6.07, 6.45) is 4.47. The van der Waals surface area contributed by atoms with Gasteiger partial charge in [0.2, 0.25) is 0 Å². The fourth-order valence-corrected chi connectivity index (χ4v) is 0. The molecule has 2 heteroatoms. The second kappa shape index (κ2) is 24.8. The average Bonchev–Trinajstić information content (AvgIpc) is 1.37. The van der Waals surface area contributed by atoms with Crippen LogP contribution >= 0.6 is 0 Å². The van der Waals surface area contributed by atoms with Crippen LogP contribution in [0.2, 0.25) is 0 Å². The molecule has 2 N–H and O–H groups in total. The Morgan fingerprint density at radius 1 is 1.67 bits per heavy atom. The lowest BCUT2D eigenvalue weighted by atomic mass is 10.8. The summed E-state index contributed by atoms with van der Waals surface area (Å²) in [6, 6.07) is 0. The third kappa shape index (κ3) is 92.9. The van der Waals surface area contributed by atoms with Crippen LogP contribution in [0.1, 0.15) is 7.43 Å². The Morgan fingerprint density at radius 2 is 1.83 bits per heavy atom. The minimum atomic E-state index is -0.403. The van der Waals surface area contributed by atoms with Crippen LogP contribution in [-0.4, -0.2) is 12.1 Å². The summed E-state index contributed by atoms with van der Waals surface area (Å²) < 4.78 is 0. The Kier molecular flexibility index (Phi) is 73.8. The molecule has 0 aliphatic carbocycles. The Balaban J connectivity index is -0.0000000450. The second-order valence-electron chi connectivity index (χ2n) is 0.348. The lowest BCUT2D eigenvalue weighted by molar-refractivity contribution is 0.239. The van der Waals surface area contributed by atoms with Crippen LogP contribution in [0.4, 0.5) is 0 Å². The van der Waals surface area contributed by atoms with Crippen molar-refractivity contribution in [3.05, 3.63) is 0 Å². The Hall–Kier alpha value is -0.520. The topological polar surface area (TPSA) is 51.4 Å². The van der Waals surface area contributed by atoms with Crippen LogP contribution in [0.5, 0.6) is 0 Å². The molecule has 0 unspecified atom stereocenters. The first-order valence-electron chi connectivity index (χ1n) is 0.931. The van der Waals surface area contributed by atoms with Crippen molar-refractivity contribution >= 4 is 0 Å². The molecule has 0 saturated heterocycles. The van der Waals surface area contributed by atoms with Crippen molar-refractivity contribution in [2.75, 3.05) is 6.61 Å². The maximum Gasteiger partial charge on any atom is 0.142 e. The van der Waals surface area contributed by atoms with E-state index in [2.05, 4.69) is 6.42 Å². The van der Waals surface area contributed by atoms with Crippen molar-refractivity contribution in [3.8, 4) is 12.3 Å². The quantitative estimate of drug-likeness (QED) is 0.371. The van der Waals surface area contributed by atoms with Gasteiger partial charge in [-0.15, -0.1) is 6.42 Å². The van der Waals surface area contributed by atoms with Crippen molar-refractivity contribution < 1.29 is 10.6 Å². The van der Waals surface area contributed by atoms with Crippen LogP contribution in [0.15, 0.2) is 0 Å². The summed E-state index contributed by atoms with van der Waals surface area (Å²) in [4.78, 5) is 0. The minimum absolute atomic E-state index is 0. The van der Waals surface area contributed by atoms with Gasteiger partial charge in [-0.25, -0.2) is 5.11 Å². The highest BCUT2D eigenvalue weighted by Gasteiger charge is 1.48. The normalized spacial score (nSPS) is 3.33. The molecular formula is C4H9O2. The van der Waals surface area contributed by atoms with Crippen molar-refractivity contribution in [1.29, 1.82) is 0 Å². The van der Waals surface area contributed by atoms with Gasteiger partial charge in [0.05, 0.1) is 0 Å². The van der Waals surface area contributed by atoms with Gasteiger partial charge in [-0.2, -0.15) is 0 Å². The van der Waals surface area contributed by atoms with E-state index in [4.69, 9.17) is 5.11 Å². The standard InChI is InChI=1S/C3H3O.CH4.H2O/c1-2-3-4;;/h1H,3H2;1H4;1H2. The predicted molar refractivity (Wildman–Crippen MR) is 24.7 cm³/mol. The van der Waals surface area contributed by atoms with E-state index in [0.717, 1.165) is 0 Å². The molecule has 0 amide bonds. The van der Waals surface area contributed by atoms with Crippen LogP contribution in [0.25, 0.3) is 0 Å². The van der Waals surface area contributed by atoms with Gasteiger partial charge < -0.3 is 5.48 Å². The first-order valence-corrected chi connectivity index (χ1v) is 0.931. The molecular weight excluding hydrogens is 80.0 g/mol. The van der Waals surface area contributed by atoms with Crippen LogP contribution in [0, 0.1) is 12.3 Å². The molecule has 2 nitrogen and oxygen atoms in total. The van der Waals surface area contributed by atoms with Gasteiger partial charge >= 0.3 is 0 Å². The lowest BCUT2D eigenvalue weighted by Gasteiger charge is -1.49. The van der Waals surface area contributed by atoms with Crippen molar-refractivity contribution in [1.82, 2.24) is 0 Å². The highest BCUT2D eigenvalue weighted by molar-refractivity contribution is 4.81. The summed E-state index contributed by atoms with van der Waals surface area (Å²) in [5.41, 5.74) is 0. The van der Waals surface area contributed by atoms with Crippen LogP contribution in [-0.2, 0) is 5.11 Å². The molecule has 0 fully saturated rings. The van der Waals surface area contributed by atoms with Crippen LogP contribution in [0.3, 0.4) is 0 Å². The molecule has 0 bridgehead atoms. The molecule has 0 aliphatic heterocycles. The number of rotatable bonds is 0. The first kappa shape index (κ1) is 17.9. The Morgan fingerprint density at radius 3 is 1.83 bits per heavy atom. The monoisotopic (exact) mass is 89.1 g/mol. The fraction of sp³-hybridized carbons (Fsp3) is 0.500. The molecule has 0 saturated carbocycles. The largest absolute Gasteiger partial charge is 0.412 e. The van der Waals surface area contributed by atoms with Gasteiger partial charge in [-0.05, 0) is 0 Å². The molecule has 0 spiro atoms. The molecule has 6 heavy (non-hydrogen) atoms. The zero-order chi connectivity index (χ0) is 3.41. The first-order chi connectivity index (χ1) is 1.91. The number of hydrogen-bond acceptors (Lipinski definition) is 0. The van der Waals surface area contributed by atoms with Gasteiger partial charge in [0.1, 0.15) is 6.61 Å². The lowest BCUT2D eigenvalue weighted by Crippen LogP contribution is -1.60. The van der Waals surface area contributed by atoms with E-state index in [-0.39, 0.29) is 12.9 Å². The van der Waals surface area contributed by atoms with Gasteiger partial charge in [0.25, 0.3) is 0 Å². The van der Waals surface area contributed by atoms with Gasteiger partial charge in [0, 0.05) is 0 Å². The SMILES string of the molecule is C.C#CC[O].O. The minimum Gasteiger partial charge on any atom is -0.412 e. The van der Waals surface area contributed by atoms with Crippen LogP contribution < -0.4 is 0 Å². The van der Waals surface area contributed by atoms with Crippen molar-refractivity contribution in [2.24, 2.45) is 0 Å². The Labute approximate surface area is 38.1 Å². The predicted octanol–water partition coefficient (Wildman–Crippen LogP) is -0.138. The van der Waals surface area contributed by atoms with Gasteiger partial charge in [-0.3, -0.25) is 0 Å². The molecule has 0 aromatic heterocycles. The number of terminal acetylenes is 1. The Bertz CT molecular complexity index is 35.3. The van der Waals surface area contributed by atoms with E-state index in [9.17, 15) is 0 Å². The summed E-state index contributed by atoms with van der Waals surface area (Å²) >= 11 is 0. The fourth-order valence-electron chi connectivity index (χ4n) is 0. The van der Waals surface area contributed by atoms with Gasteiger partial charge in [-0.1, -0.05) is 13.3 Å². The van der Waals surface area contributed by atoms with E-state index in [1.807, 2.05) is 5.92 Å². The second-order valence-corrected chi connectivity index (χ2v) is 0.348. The molecule has 0 aromatic rings. The maximum absolute atomic E-state index is 9.06. The molecule has 37 valence electrons. The van der Waals surface area contributed by atoms with E-state index >= 15 is 0 Å². The molecule has 0 aliphatic rings. The zero-order valence-electron chi connectivity index (χ0n) is 2.69. The van der Waals surface area contributed by atoms with Crippen molar-refractivity contribution in [2.45, 2.75) is 7.43 Å².